The molecule has 260 valence electrons. The zero-order valence-corrected chi connectivity index (χ0v) is 36.7. The molecule has 0 amide bonds. The number of benzene rings is 6. The van der Waals surface area contributed by atoms with Crippen molar-refractivity contribution >= 4 is 25.7 Å². The molecule has 2 atom stereocenters. The van der Waals surface area contributed by atoms with Gasteiger partial charge in [0, 0.05) is 0 Å². The molecule has 0 radical (unpaired) electrons. The molecule has 0 aliphatic heterocycles. The summed E-state index contributed by atoms with van der Waals surface area (Å²) in [5.41, 5.74) is 13.7. The van der Waals surface area contributed by atoms with Crippen LogP contribution in [0.5, 0.6) is 0 Å². The van der Waals surface area contributed by atoms with E-state index < -0.39 is 14.2 Å². The van der Waals surface area contributed by atoms with Crippen LogP contribution >= 0.6 is 0 Å². The second-order valence-corrected chi connectivity index (χ2v) is 87.1. The van der Waals surface area contributed by atoms with Gasteiger partial charge in [-0.15, -0.1) is 0 Å². The zero-order valence-electron chi connectivity index (χ0n) is 31.7. The molecule has 0 N–H and O–H groups in total. The summed E-state index contributed by atoms with van der Waals surface area (Å²) < 4.78 is 8.95. The minimum atomic E-state index is -5.98. The van der Waals surface area contributed by atoms with E-state index in [4.69, 9.17) is 0 Å². The van der Waals surface area contributed by atoms with Gasteiger partial charge in [-0.25, -0.2) is 0 Å². The summed E-state index contributed by atoms with van der Waals surface area (Å²) in [7, 11) is 0. The van der Waals surface area contributed by atoms with E-state index in [0.29, 0.717) is 11.8 Å². The van der Waals surface area contributed by atoms with Gasteiger partial charge in [0.1, 0.15) is 0 Å². The van der Waals surface area contributed by atoms with Crippen LogP contribution in [0.2, 0.25) is 9.36 Å². The van der Waals surface area contributed by atoms with Crippen molar-refractivity contribution in [2.75, 3.05) is 0 Å². The van der Waals surface area contributed by atoms with E-state index in [9.17, 15) is 0 Å². The van der Waals surface area contributed by atoms with Gasteiger partial charge in [0.25, 0.3) is 0 Å². The molecule has 0 bridgehead atoms. The summed E-state index contributed by atoms with van der Waals surface area (Å²) in [4.78, 5) is 0. The molecule has 0 nitrogen and oxygen atoms in total. The van der Waals surface area contributed by atoms with E-state index in [0.717, 1.165) is 0 Å². The van der Waals surface area contributed by atoms with Gasteiger partial charge in [-0.1, -0.05) is 0 Å². The molecule has 0 saturated carbocycles. The number of hydrogen-bond donors (Lipinski definition) is 0. The van der Waals surface area contributed by atoms with E-state index >= 15 is 0 Å². The molecule has 0 spiro atoms. The van der Waals surface area contributed by atoms with Gasteiger partial charge in [-0.2, -0.15) is 0 Å². The second-order valence-electron chi connectivity index (χ2n) is 18.6. The third-order valence-electron chi connectivity index (χ3n) is 14.3. The van der Waals surface area contributed by atoms with Crippen molar-refractivity contribution in [2.24, 2.45) is 0 Å². The van der Waals surface area contributed by atoms with Gasteiger partial charge in [-0.05, 0) is 0 Å². The number of hydrogen-bond acceptors (Lipinski definition) is 0. The molecule has 0 heterocycles. The van der Waals surface area contributed by atoms with Gasteiger partial charge in [0.05, 0.1) is 0 Å². The summed E-state index contributed by atoms with van der Waals surface area (Å²) in [5, 5.41) is 0. The summed E-state index contributed by atoms with van der Waals surface area (Å²) >= 11 is -5.98. The van der Waals surface area contributed by atoms with Crippen LogP contribution in [0, 0.1) is 0 Å². The maximum absolute atomic E-state index is 5.98. The third-order valence-corrected chi connectivity index (χ3v) is 71.5. The van der Waals surface area contributed by atoms with E-state index in [-0.39, 0.29) is 7.35 Å². The Morgan fingerprint density at radius 2 is 0.846 bits per heavy atom. The predicted molar refractivity (Wildman–Crippen MR) is 228 cm³/mol. The fraction of sp³-hybridized carbons (Fsp3) is 0.200. The molecule has 0 aromatic heterocycles. The van der Waals surface area contributed by atoms with Crippen LogP contribution in [0.3, 0.4) is 0 Å². The Labute approximate surface area is 307 Å². The Morgan fingerprint density at radius 1 is 0.462 bits per heavy atom. The topological polar surface area (TPSA) is 0 Å². The molecule has 2 unspecified atom stereocenters. The first-order valence-corrected chi connectivity index (χ1v) is 42.5. The van der Waals surface area contributed by atoms with Crippen molar-refractivity contribution in [1.82, 2.24) is 0 Å². The molecule has 52 heavy (non-hydrogen) atoms. The second kappa shape index (κ2) is 11.4. The van der Waals surface area contributed by atoms with E-state index in [1.54, 1.807) is 0 Å². The fourth-order valence-corrected chi connectivity index (χ4v) is 58.1. The summed E-state index contributed by atoms with van der Waals surface area (Å²) in [6.07, 6.45) is 10.2. The molecule has 0 saturated heterocycles. The van der Waals surface area contributed by atoms with Gasteiger partial charge in [-0.3, -0.25) is 0 Å². The number of rotatable bonds is 8. The first-order chi connectivity index (χ1) is 24.8. The van der Waals surface area contributed by atoms with E-state index in [2.05, 4.69) is 214 Å². The standard InChI is InChI=1S/2C18H17.2C6H5.2CH3.Hf.H2Si/c2*1-13(2)15-8-3-9-16(12-15)18-11-5-7-14-6-4-10-17(14)18;2*1-2-4-6-5-3-1;;;;/h2*3-13H,1-2H3;2*1-5H;2*1H3;;1H2. The summed E-state index contributed by atoms with van der Waals surface area (Å²) in [6.45, 7) is 11.6. The molecule has 2 aliphatic rings. The van der Waals surface area contributed by atoms with E-state index in [1.807, 2.05) is 0 Å². The van der Waals surface area contributed by atoms with Crippen molar-refractivity contribution in [3.63, 3.8) is 0 Å². The van der Waals surface area contributed by atoms with Crippen LogP contribution in [-0.2, 0) is 14.2 Å². The van der Waals surface area contributed by atoms with E-state index in [1.165, 1.54) is 62.3 Å². The van der Waals surface area contributed by atoms with Gasteiger partial charge < -0.3 is 0 Å². The SMILES string of the molecule is CC(C)c1cccc(-c2cccc3c2C=C[CH]3[Hf]([CH3])([CH3])(=[SiH2])([c]2ccccc2)([c]2ccccc2)[CH]2C=Cc3c(-c4cccc(C(C)C)c4)cccc32)c1. The molecule has 8 rings (SSSR count). The molecule has 6 aromatic carbocycles. The van der Waals surface area contributed by atoms with Crippen LogP contribution in [-0.4, -0.2) is 6.94 Å². The van der Waals surface area contributed by atoms with Crippen LogP contribution < -0.4 is 6.64 Å². The number of fused-ring (bicyclic) bond motifs is 2. The van der Waals surface area contributed by atoms with Gasteiger partial charge in [0.2, 0.25) is 0 Å². The first kappa shape index (κ1) is 34.9. The van der Waals surface area contributed by atoms with Crippen molar-refractivity contribution in [3.8, 4) is 22.3 Å². The van der Waals surface area contributed by atoms with Crippen LogP contribution in [0.25, 0.3) is 34.4 Å². The van der Waals surface area contributed by atoms with Crippen molar-refractivity contribution in [2.45, 2.75) is 56.2 Å². The molecule has 6 aromatic rings. The molecule has 2 aliphatic carbocycles. The minimum absolute atomic E-state index is 0.171. The fourth-order valence-electron chi connectivity index (χ4n) is 10.9. The maximum atomic E-state index is 2.81. The van der Waals surface area contributed by atoms with Crippen LogP contribution in [0.4, 0.5) is 0 Å². The molecule has 2 heteroatoms. The zero-order chi connectivity index (χ0) is 36.4. The predicted octanol–water partition coefficient (Wildman–Crippen LogP) is 12.2. The average Bonchev–Trinajstić information content (AvgIpc) is 3.83. The average molecular weight is 860 g/mol. The molecule has 0 fully saturated rings. The van der Waals surface area contributed by atoms with Crippen LogP contribution in [0.1, 0.15) is 80.3 Å². The first-order valence-electron chi connectivity index (χ1n) is 19.3. The van der Waals surface area contributed by atoms with Gasteiger partial charge >= 0.3 is 310 Å². The monoisotopic (exact) mass is 860 g/mol. The normalized spacial score (nSPS) is 18.4. The van der Waals surface area contributed by atoms with Crippen molar-refractivity contribution in [1.29, 1.82) is 0 Å². The quantitative estimate of drug-likeness (QED) is 0.134. The Morgan fingerprint density at radius 3 is 1.23 bits per heavy atom. The van der Waals surface area contributed by atoms with Crippen LogP contribution in [0.15, 0.2) is 158 Å². The Hall–Kier alpha value is -4.11. The Balaban J connectivity index is 1.47. The number of allylic oxidation sites excluding steroid dienone is 2. The summed E-state index contributed by atoms with van der Waals surface area (Å²) in [5.74, 6) is 0.952. The Kier molecular flexibility index (Phi) is 7.69. The molecular formula is C50H52HfSi. The van der Waals surface area contributed by atoms with Crippen molar-refractivity contribution < 1.29 is 14.2 Å². The molecular weight excluding hydrogens is 807 g/mol. The van der Waals surface area contributed by atoms with Crippen molar-refractivity contribution in [3.05, 3.63) is 191 Å². The van der Waals surface area contributed by atoms with Gasteiger partial charge in [0.15, 0.2) is 0 Å². The Bertz CT molecular complexity index is 2380. The summed E-state index contributed by atoms with van der Waals surface area (Å²) in [6, 6.07) is 56.1. The third kappa shape index (κ3) is 4.59.